The van der Waals surface area contributed by atoms with Gasteiger partial charge in [0, 0.05) is 12.1 Å². The van der Waals surface area contributed by atoms with Crippen LogP contribution in [0.15, 0.2) is 54.0 Å². The van der Waals surface area contributed by atoms with Crippen molar-refractivity contribution in [2.75, 3.05) is 13.2 Å². The van der Waals surface area contributed by atoms with Gasteiger partial charge >= 0.3 is 0 Å². The second-order valence-corrected chi connectivity index (χ2v) is 8.53. The number of benzene rings is 2. The average Bonchev–Trinajstić information content (AvgIpc) is 3.02. The first-order valence-corrected chi connectivity index (χ1v) is 11.6. The third-order valence-electron chi connectivity index (χ3n) is 4.94. The van der Waals surface area contributed by atoms with Crippen LogP contribution in [-0.4, -0.2) is 29.2 Å². The summed E-state index contributed by atoms with van der Waals surface area (Å²) < 4.78 is 12.1. The van der Waals surface area contributed by atoms with Crippen molar-refractivity contribution in [2.24, 2.45) is 0 Å². The van der Waals surface area contributed by atoms with Gasteiger partial charge in [-0.25, -0.2) is 0 Å². The van der Waals surface area contributed by atoms with Gasteiger partial charge in [-0.2, -0.15) is 0 Å². The summed E-state index contributed by atoms with van der Waals surface area (Å²) in [6.07, 6.45) is 4.88. The summed E-state index contributed by atoms with van der Waals surface area (Å²) in [5.74, 6) is 1.03. The van der Waals surface area contributed by atoms with E-state index in [-0.39, 0.29) is 11.1 Å². The van der Waals surface area contributed by atoms with Crippen molar-refractivity contribution in [3.63, 3.8) is 0 Å². The van der Waals surface area contributed by atoms with Gasteiger partial charge in [-0.05, 0) is 67.8 Å². The lowest BCUT2D eigenvalue weighted by atomic mass is 10.0. The quantitative estimate of drug-likeness (QED) is 0.320. The molecular weight excluding hydrogens is 422 g/mol. The maximum absolute atomic E-state index is 12.6. The molecular formula is C26H29NO4S. The SMILES string of the molecule is C=CCc1cc(/C=C2/SC(=O)N(CCC)C2=O)cc(OCC)c1OCc1ccc(C)cc1. The molecule has 3 rings (SSSR count). The second kappa shape index (κ2) is 11.0. The van der Waals surface area contributed by atoms with Crippen LogP contribution in [0.2, 0.25) is 0 Å². The van der Waals surface area contributed by atoms with Gasteiger partial charge in [-0.15, -0.1) is 6.58 Å². The minimum Gasteiger partial charge on any atom is -0.490 e. The molecule has 168 valence electrons. The van der Waals surface area contributed by atoms with Crippen molar-refractivity contribution in [2.45, 2.75) is 40.2 Å². The first-order chi connectivity index (χ1) is 15.5. The number of aryl methyl sites for hydroxylation is 1. The zero-order chi connectivity index (χ0) is 23.1. The topological polar surface area (TPSA) is 55.8 Å². The van der Waals surface area contributed by atoms with E-state index < -0.39 is 0 Å². The predicted molar refractivity (Wildman–Crippen MR) is 130 cm³/mol. The smallest absolute Gasteiger partial charge is 0.293 e. The highest BCUT2D eigenvalue weighted by molar-refractivity contribution is 8.18. The van der Waals surface area contributed by atoms with Crippen LogP contribution in [0.5, 0.6) is 11.5 Å². The second-order valence-electron chi connectivity index (χ2n) is 7.54. The monoisotopic (exact) mass is 451 g/mol. The lowest BCUT2D eigenvalue weighted by molar-refractivity contribution is -0.122. The molecule has 0 atom stereocenters. The molecule has 2 aromatic carbocycles. The van der Waals surface area contributed by atoms with Crippen LogP contribution < -0.4 is 9.47 Å². The largest absolute Gasteiger partial charge is 0.490 e. The van der Waals surface area contributed by atoms with E-state index in [0.717, 1.165) is 34.9 Å². The van der Waals surface area contributed by atoms with Crippen molar-refractivity contribution >= 4 is 29.0 Å². The number of hydrogen-bond donors (Lipinski definition) is 0. The lowest BCUT2D eigenvalue weighted by Gasteiger charge is -2.17. The molecule has 1 heterocycles. The van der Waals surface area contributed by atoms with Crippen molar-refractivity contribution in [3.8, 4) is 11.5 Å². The number of carbonyl (C=O) groups is 2. The van der Waals surface area contributed by atoms with Crippen LogP contribution in [0.4, 0.5) is 4.79 Å². The van der Waals surface area contributed by atoms with Crippen LogP contribution in [0.25, 0.3) is 6.08 Å². The Bertz CT molecular complexity index is 1030. The van der Waals surface area contributed by atoms with E-state index in [1.807, 2.05) is 44.2 Å². The molecule has 0 N–H and O–H groups in total. The highest BCUT2D eigenvalue weighted by Crippen LogP contribution is 2.37. The molecule has 0 spiro atoms. The number of thioether (sulfide) groups is 1. The van der Waals surface area contributed by atoms with E-state index >= 15 is 0 Å². The standard InChI is InChI=1S/C26H29NO4S/c1-5-8-21-14-20(16-23-25(28)27(13-6-2)26(29)32-23)15-22(30-7-3)24(21)31-17-19-11-9-18(4)10-12-19/h5,9-12,14-16H,1,6-8,13,17H2,2-4H3/b23-16+. The minimum atomic E-state index is -0.246. The first-order valence-electron chi connectivity index (χ1n) is 10.8. The summed E-state index contributed by atoms with van der Waals surface area (Å²) >= 11 is 0.974. The summed E-state index contributed by atoms with van der Waals surface area (Å²) in [4.78, 5) is 26.5. The van der Waals surface area contributed by atoms with Crippen LogP contribution in [0, 0.1) is 6.92 Å². The lowest BCUT2D eigenvalue weighted by Crippen LogP contribution is -2.28. The minimum absolute atomic E-state index is 0.225. The fourth-order valence-electron chi connectivity index (χ4n) is 3.41. The van der Waals surface area contributed by atoms with Crippen molar-refractivity contribution in [3.05, 3.63) is 76.2 Å². The molecule has 6 heteroatoms. The normalized spacial score (nSPS) is 14.8. The van der Waals surface area contributed by atoms with Gasteiger partial charge in [0.05, 0.1) is 11.5 Å². The number of amides is 2. The third-order valence-corrected chi connectivity index (χ3v) is 5.85. The average molecular weight is 452 g/mol. The van der Waals surface area contributed by atoms with Crippen LogP contribution in [-0.2, 0) is 17.8 Å². The fourth-order valence-corrected chi connectivity index (χ4v) is 4.27. The van der Waals surface area contributed by atoms with Gasteiger partial charge < -0.3 is 9.47 Å². The fraction of sp³-hybridized carbons (Fsp3) is 0.308. The highest BCUT2D eigenvalue weighted by Gasteiger charge is 2.34. The molecule has 0 bridgehead atoms. The number of carbonyl (C=O) groups excluding carboxylic acids is 2. The van der Waals surface area contributed by atoms with Crippen LogP contribution in [0.3, 0.4) is 0 Å². The molecule has 1 aliphatic rings. The van der Waals surface area contributed by atoms with E-state index in [0.29, 0.717) is 42.6 Å². The molecule has 1 saturated heterocycles. The Morgan fingerprint density at radius 1 is 1.09 bits per heavy atom. The van der Waals surface area contributed by atoms with Gasteiger partial charge in [0.15, 0.2) is 11.5 Å². The maximum atomic E-state index is 12.6. The van der Waals surface area contributed by atoms with Crippen molar-refractivity contribution in [1.82, 2.24) is 4.90 Å². The number of imide groups is 1. The molecule has 0 aromatic heterocycles. The molecule has 32 heavy (non-hydrogen) atoms. The van der Waals surface area contributed by atoms with Gasteiger partial charge in [0.1, 0.15) is 6.61 Å². The zero-order valence-electron chi connectivity index (χ0n) is 18.8. The maximum Gasteiger partial charge on any atom is 0.293 e. The molecule has 1 fully saturated rings. The first kappa shape index (κ1) is 23.7. The number of allylic oxidation sites excluding steroid dienone is 1. The summed E-state index contributed by atoms with van der Waals surface area (Å²) in [7, 11) is 0. The molecule has 0 radical (unpaired) electrons. The Labute approximate surface area is 194 Å². The Kier molecular flexibility index (Phi) is 8.17. The van der Waals surface area contributed by atoms with E-state index in [1.54, 1.807) is 6.08 Å². The number of rotatable bonds is 10. The highest BCUT2D eigenvalue weighted by atomic mass is 32.2. The summed E-state index contributed by atoms with van der Waals surface area (Å²) in [6.45, 7) is 11.1. The van der Waals surface area contributed by atoms with E-state index in [9.17, 15) is 9.59 Å². The van der Waals surface area contributed by atoms with Crippen LogP contribution in [0.1, 0.15) is 42.5 Å². The number of nitrogens with zero attached hydrogens (tertiary/aromatic N) is 1. The Hall–Kier alpha value is -2.99. The summed E-state index contributed by atoms with van der Waals surface area (Å²) in [5, 5.41) is -0.225. The Balaban J connectivity index is 1.93. The Morgan fingerprint density at radius 2 is 1.84 bits per heavy atom. The van der Waals surface area contributed by atoms with E-state index in [1.165, 1.54) is 10.5 Å². The van der Waals surface area contributed by atoms with Gasteiger partial charge in [0.2, 0.25) is 0 Å². The number of hydrogen-bond acceptors (Lipinski definition) is 5. The molecule has 0 unspecified atom stereocenters. The number of ether oxygens (including phenoxy) is 2. The van der Waals surface area contributed by atoms with Crippen molar-refractivity contribution < 1.29 is 19.1 Å². The van der Waals surface area contributed by atoms with Crippen LogP contribution >= 0.6 is 11.8 Å². The molecule has 2 aromatic rings. The van der Waals surface area contributed by atoms with Gasteiger partial charge in [0.25, 0.3) is 11.1 Å². The molecule has 1 aliphatic heterocycles. The van der Waals surface area contributed by atoms with Gasteiger partial charge in [-0.1, -0.05) is 42.8 Å². The molecule has 2 amide bonds. The third kappa shape index (κ3) is 5.62. The van der Waals surface area contributed by atoms with E-state index in [2.05, 4.69) is 25.6 Å². The zero-order valence-corrected chi connectivity index (χ0v) is 19.7. The predicted octanol–water partition coefficient (Wildman–Crippen LogP) is 6.15. The van der Waals surface area contributed by atoms with E-state index in [4.69, 9.17) is 9.47 Å². The molecule has 0 aliphatic carbocycles. The summed E-state index contributed by atoms with van der Waals surface area (Å²) in [5.41, 5.74) is 3.96. The Morgan fingerprint density at radius 3 is 2.50 bits per heavy atom. The van der Waals surface area contributed by atoms with Gasteiger partial charge in [-0.3, -0.25) is 14.5 Å². The summed E-state index contributed by atoms with van der Waals surface area (Å²) in [6, 6.07) is 12.0. The van der Waals surface area contributed by atoms with Crippen molar-refractivity contribution in [1.29, 1.82) is 0 Å². The molecule has 0 saturated carbocycles. The molecule has 5 nitrogen and oxygen atoms in total.